The maximum atomic E-state index is 12.5. The van der Waals surface area contributed by atoms with Gasteiger partial charge in [-0.3, -0.25) is 9.59 Å². The van der Waals surface area contributed by atoms with Gasteiger partial charge < -0.3 is 14.6 Å². The normalized spacial score (nSPS) is 18.2. The molecule has 122 valence electrons. The fraction of sp³-hybridized carbons (Fsp3) is 0.625. The summed E-state index contributed by atoms with van der Waals surface area (Å²) in [7, 11) is 0. The summed E-state index contributed by atoms with van der Waals surface area (Å²) in [4.78, 5) is 28.8. The van der Waals surface area contributed by atoms with Gasteiger partial charge in [0, 0.05) is 29.9 Å². The minimum Gasteiger partial charge on any atom is -0.376 e. The van der Waals surface area contributed by atoms with E-state index >= 15 is 0 Å². The number of aromatic nitrogens is 1. The van der Waals surface area contributed by atoms with Crippen LogP contribution in [-0.4, -0.2) is 41.6 Å². The second-order valence-corrected chi connectivity index (χ2v) is 7.05. The Kier molecular flexibility index (Phi) is 5.81. The highest BCUT2D eigenvalue weighted by Gasteiger charge is 2.29. The van der Waals surface area contributed by atoms with E-state index in [1.54, 1.807) is 17.9 Å². The molecule has 1 N–H and O–H groups in total. The Morgan fingerprint density at radius 1 is 1.55 bits per heavy atom. The SMILES string of the molecule is Cc1[nH]c(=O)c(C(=O)N2CC[C@H](OCCC(C)C)C2)cc1Br. The average molecular weight is 371 g/mol. The minimum absolute atomic E-state index is 0.0793. The van der Waals surface area contributed by atoms with E-state index in [1.807, 2.05) is 0 Å². The summed E-state index contributed by atoms with van der Waals surface area (Å²) in [5.74, 6) is 0.388. The van der Waals surface area contributed by atoms with Crippen LogP contribution in [0, 0.1) is 12.8 Å². The third-order valence-corrected chi connectivity index (χ3v) is 4.71. The van der Waals surface area contributed by atoms with Gasteiger partial charge in [0.15, 0.2) is 0 Å². The third-order valence-electron chi connectivity index (χ3n) is 3.89. The van der Waals surface area contributed by atoms with Gasteiger partial charge in [-0.15, -0.1) is 0 Å². The molecule has 1 amide bonds. The first kappa shape index (κ1) is 17.2. The molecule has 0 unspecified atom stereocenters. The molecule has 1 fully saturated rings. The first-order valence-corrected chi connectivity index (χ1v) is 8.48. The molecule has 6 heteroatoms. The van der Waals surface area contributed by atoms with E-state index in [2.05, 4.69) is 34.8 Å². The number of halogens is 1. The smallest absolute Gasteiger partial charge is 0.261 e. The number of rotatable bonds is 5. The van der Waals surface area contributed by atoms with Gasteiger partial charge in [-0.1, -0.05) is 13.8 Å². The number of nitrogens with one attached hydrogen (secondary N) is 1. The van der Waals surface area contributed by atoms with Gasteiger partial charge in [-0.2, -0.15) is 0 Å². The van der Waals surface area contributed by atoms with Crippen molar-refractivity contribution in [2.45, 2.75) is 39.7 Å². The predicted molar refractivity (Wildman–Crippen MR) is 89.2 cm³/mol. The van der Waals surface area contributed by atoms with Crippen LogP contribution in [0.5, 0.6) is 0 Å². The van der Waals surface area contributed by atoms with Crippen LogP contribution in [0.2, 0.25) is 0 Å². The van der Waals surface area contributed by atoms with Crippen LogP contribution in [0.4, 0.5) is 0 Å². The Labute approximate surface area is 139 Å². The molecule has 1 aromatic rings. The standard InChI is InChI=1S/C16H23BrN2O3/c1-10(2)5-7-22-12-4-6-19(9-12)16(21)13-8-14(17)11(3)18-15(13)20/h8,10,12H,4-7,9H2,1-3H3,(H,18,20)/t12-/m0/s1. The number of H-pyrrole nitrogens is 1. The van der Waals surface area contributed by atoms with Crippen LogP contribution in [-0.2, 0) is 4.74 Å². The molecule has 1 aliphatic heterocycles. The summed E-state index contributed by atoms with van der Waals surface area (Å²) in [6.07, 6.45) is 1.93. The number of carbonyl (C=O) groups excluding carboxylic acids is 1. The number of carbonyl (C=O) groups is 1. The van der Waals surface area contributed by atoms with Crippen LogP contribution in [0.15, 0.2) is 15.3 Å². The van der Waals surface area contributed by atoms with Crippen LogP contribution in [0.1, 0.15) is 42.7 Å². The number of nitrogens with zero attached hydrogens (tertiary/aromatic N) is 1. The maximum absolute atomic E-state index is 12.5. The van der Waals surface area contributed by atoms with Crippen LogP contribution in [0.3, 0.4) is 0 Å². The van der Waals surface area contributed by atoms with Gasteiger partial charge in [-0.05, 0) is 47.7 Å². The number of ether oxygens (including phenoxy) is 1. The summed E-state index contributed by atoms with van der Waals surface area (Å²) in [5, 5.41) is 0. The van der Waals surface area contributed by atoms with Crippen molar-refractivity contribution in [3.63, 3.8) is 0 Å². The Bertz CT molecular complexity index is 598. The molecule has 0 saturated carbocycles. The zero-order valence-electron chi connectivity index (χ0n) is 13.3. The van der Waals surface area contributed by atoms with Gasteiger partial charge in [0.25, 0.3) is 11.5 Å². The summed E-state index contributed by atoms with van der Waals surface area (Å²) in [6.45, 7) is 8.03. The molecule has 1 aromatic heterocycles. The van der Waals surface area contributed by atoms with Crippen molar-refractivity contribution < 1.29 is 9.53 Å². The maximum Gasteiger partial charge on any atom is 0.261 e. The van der Waals surface area contributed by atoms with E-state index in [9.17, 15) is 9.59 Å². The molecular formula is C16H23BrN2O3. The van der Waals surface area contributed by atoms with Crippen molar-refractivity contribution in [2.24, 2.45) is 5.92 Å². The molecule has 0 radical (unpaired) electrons. The quantitative estimate of drug-likeness (QED) is 0.866. The number of amides is 1. The first-order chi connectivity index (χ1) is 10.4. The highest BCUT2D eigenvalue weighted by Crippen LogP contribution is 2.18. The lowest BCUT2D eigenvalue weighted by Crippen LogP contribution is -2.34. The van der Waals surface area contributed by atoms with Crippen molar-refractivity contribution in [1.82, 2.24) is 9.88 Å². The predicted octanol–water partition coefficient (Wildman–Crippen LogP) is 2.72. The number of hydrogen-bond donors (Lipinski definition) is 1. The molecular weight excluding hydrogens is 348 g/mol. The largest absolute Gasteiger partial charge is 0.376 e. The number of aryl methyl sites for hydroxylation is 1. The molecule has 1 saturated heterocycles. The van der Waals surface area contributed by atoms with E-state index in [0.29, 0.717) is 19.0 Å². The molecule has 0 aliphatic carbocycles. The summed E-state index contributed by atoms with van der Waals surface area (Å²) in [5.41, 5.74) is 0.563. The molecule has 0 aromatic carbocycles. The van der Waals surface area contributed by atoms with Crippen molar-refractivity contribution >= 4 is 21.8 Å². The summed E-state index contributed by atoms with van der Waals surface area (Å²) in [6, 6.07) is 1.60. The van der Waals surface area contributed by atoms with E-state index in [-0.39, 0.29) is 23.1 Å². The van der Waals surface area contributed by atoms with E-state index in [4.69, 9.17) is 4.74 Å². The molecule has 2 heterocycles. The number of aromatic amines is 1. The molecule has 5 nitrogen and oxygen atoms in total. The second-order valence-electron chi connectivity index (χ2n) is 6.20. The van der Waals surface area contributed by atoms with Crippen molar-refractivity contribution in [3.8, 4) is 0 Å². The Morgan fingerprint density at radius 3 is 2.95 bits per heavy atom. The fourth-order valence-electron chi connectivity index (χ4n) is 2.45. The van der Waals surface area contributed by atoms with Crippen LogP contribution >= 0.6 is 15.9 Å². The summed E-state index contributed by atoms with van der Waals surface area (Å²) < 4.78 is 6.55. The van der Waals surface area contributed by atoms with Crippen molar-refractivity contribution in [1.29, 1.82) is 0 Å². The van der Waals surface area contributed by atoms with Gasteiger partial charge >= 0.3 is 0 Å². The lowest BCUT2D eigenvalue weighted by Gasteiger charge is -2.17. The van der Waals surface area contributed by atoms with Gasteiger partial charge in [0.05, 0.1) is 6.10 Å². The minimum atomic E-state index is -0.338. The molecule has 0 bridgehead atoms. The Morgan fingerprint density at radius 2 is 2.27 bits per heavy atom. The number of likely N-dealkylation sites (tertiary alicyclic amines) is 1. The van der Waals surface area contributed by atoms with E-state index < -0.39 is 0 Å². The number of pyridine rings is 1. The molecule has 2 rings (SSSR count). The lowest BCUT2D eigenvalue weighted by atomic mass is 10.1. The highest BCUT2D eigenvalue weighted by atomic mass is 79.9. The monoisotopic (exact) mass is 370 g/mol. The number of hydrogen-bond acceptors (Lipinski definition) is 3. The van der Waals surface area contributed by atoms with Gasteiger partial charge in [-0.25, -0.2) is 0 Å². The van der Waals surface area contributed by atoms with Gasteiger partial charge in [0.2, 0.25) is 0 Å². The van der Waals surface area contributed by atoms with Crippen LogP contribution in [0.25, 0.3) is 0 Å². The molecule has 22 heavy (non-hydrogen) atoms. The zero-order valence-corrected chi connectivity index (χ0v) is 14.9. The van der Waals surface area contributed by atoms with Crippen LogP contribution < -0.4 is 5.56 Å². The van der Waals surface area contributed by atoms with Gasteiger partial charge in [0.1, 0.15) is 5.56 Å². The summed E-state index contributed by atoms with van der Waals surface area (Å²) >= 11 is 3.35. The van der Waals surface area contributed by atoms with E-state index in [1.165, 1.54) is 0 Å². The first-order valence-electron chi connectivity index (χ1n) is 7.68. The fourth-order valence-corrected chi connectivity index (χ4v) is 2.77. The second kappa shape index (κ2) is 7.42. The average Bonchev–Trinajstić information content (AvgIpc) is 2.90. The zero-order chi connectivity index (χ0) is 16.3. The molecule has 1 atom stereocenters. The Hall–Kier alpha value is -1.14. The highest BCUT2D eigenvalue weighted by molar-refractivity contribution is 9.10. The van der Waals surface area contributed by atoms with E-state index in [0.717, 1.165) is 29.6 Å². The lowest BCUT2D eigenvalue weighted by molar-refractivity contribution is 0.0483. The topological polar surface area (TPSA) is 62.4 Å². The van der Waals surface area contributed by atoms with Crippen molar-refractivity contribution in [3.05, 3.63) is 32.2 Å². The third kappa shape index (κ3) is 4.20. The van der Waals surface area contributed by atoms with Crippen molar-refractivity contribution in [2.75, 3.05) is 19.7 Å². The molecule has 1 aliphatic rings. The Balaban J connectivity index is 1.97. The molecule has 0 spiro atoms.